The van der Waals surface area contributed by atoms with Gasteiger partial charge in [-0.25, -0.2) is 14.4 Å². The number of alkyl carbamates (subject to hydrolysis) is 3. The minimum absolute atomic E-state index is 0.00740. The van der Waals surface area contributed by atoms with E-state index in [1.54, 1.807) is 0 Å². The van der Waals surface area contributed by atoms with E-state index in [1.165, 1.54) is 24.3 Å². The highest BCUT2D eigenvalue weighted by Gasteiger charge is 2.45. The van der Waals surface area contributed by atoms with Crippen molar-refractivity contribution in [2.24, 2.45) is 38.4 Å². The van der Waals surface area contributed by atoms with Crippen molar-refractivity contribution in [3.8, 4) is 0 Å². The number of rotatable bonds is 28. The van der Waals surface area contributed by atoms with Gasteiger partial charge in [0.05, 0.1) is 39.5 Å². The van der Waals surface area contributed by atoms with Crippen LogP contribution in [-0.2, 0) is 62.0 Å². The maximum atomic E-state index is 12.9. The maximum absolute atomic E-state index is 12.9. The predicted octanol–water partition coefficient (Wildman–Crippen LogP) is 8.16. The average Bonchev–Trinajstić information content (AvgIpc) is 3.84. The van der Waals surface area contributed by atoms with E-state index in [2.05, 4.69) is 78.3 Å². The Hall–Kier alpha value is -6.02. The maximum Gasteiger partial charge on any atom is 0.407 e. The number of hydrogen-bond acceptors (Lipinski definition) is 16. The summed E-state index contributed by atoms with van der Waals surface area (Å²) < 4.78 is 32.7. The molecule has 2 heterocycles. The van der Waals surface area contributed by atoms with Gasteiger partial charge in [-0.1, -0.05) is 62.3 Å². The van der Waals surface area contributed by atoms with E-state index < -0.39 is 47.9 Å². The van der Waals surface area contributed by atoms with Gasteiger partial charge in [0.2, 0.25) is 0 Å². The topological polar surface area (TPSA) is 269 Å². The fraction of sp³-hybridized carbons (Fsp3) is 0.763. The molecule has 3 saturated carbocycles. The fourth-order valence-corrected chi connectivity index (χ4v) is 13.9. The molecule has 3 N–H and O–H groups in total. The van der Waals surface area contributed by atoms with Crippen molar-refractivity contribution in [1.82, 2.24) is 25.8 Å². The molecule has 0 aromatic carbocycles. The predicted molar refractivity (Wildman–Crippen MR) is 293 cm³/mol. The van der Waals surface area contributed by atoms with Crippen LogP contribution in [0.4, 0.5) is 14.4 Å². The number of hydrogen-bond donors (Lipinski definition) is 3. The van der Waals surface area contributed by atoms with E-state index in [1.807, 2.05) is 0 Å². The largest absolute Gasteiger partial charge is 0.466 e. The third-order valence-corrected chi connectivity index (χ3v) is 16.0. The quantitative estimate of drug-likeness (QED) is 0.0289. The lowest BCUT2D eigenvalue weighted by Crippen LogP contribution is -2.47. The Kier molecular flexibility index (Phi) is 23.2. The van der Waals surface area contributed by atoms with Crippen molar-refractivity contribution in [2.75, 3.05) is 59.3 Å². The lowest BCUT2D eigenvalue weighted by Gasteiger charge is -2.46. The van der Waals surface area contributed by atoms with Gasteiger partial charge in [-0.05, 0) is 135 Å². The molecule has 0 aromatic rings. The zero-order chi connectivity index (χ0) is 58.9. The van der Waals surface area contributed by atoms with E-state index >= 15 is 0 Å². The summed E-state index contributed by atoms with van der Waals surface area (Å²) >= 11 is 0. The third kappa shape index (κ3) is 22.1. The number of ether oxygens (including phenoxy) is 6. The van der Waals surface area contributed by atoms with E-state index in [-0.39, 0.29) is 134 Å². The molecule has 448 valence electrons. The summed E-state index contributed by atoms with van der Waals surface area (Å²) in [6.45, 7) is 20.1. The second kappa shape index (κ2) is 28.6. The van der Waals surface area contributed by atoms with Crippen LogP contribution >= 0.6 is 0 Å². The van der Waals surface area contributed by atoms with Gasteiger partial charge in [0.15, 0.2) is 0 Å². The fourth-order valence-electron chi connectivity index (χ4n) is 13.9. The van der Waals surface area contributed by atoms with Gasteiger partial charge in [0.1, 0.15) is 13.2 Å². The lowest BCUT2D eigenvalue weighted by molar-refractivity contribution is -0.148. The molecule has 21 heteroatoms. The van der Waals surface area contributed by atoms with E-state index in [0.717, 1.165) is 48.3 Å². The molecule has 0 aromatic heterocycles. The van der Waals surface area contributed by atoms with Gasteiger partial charge in [-0.2, -0.15) is 0 Å². The van der Waals surface area contributed by atoms with Gasteiger partial charge < -0.3 is 44.4 Å². The Morgan fingerprint density at radius 3 is 1.26 bits per heavy atom. The van der Waals surface area contributed by atoms with Crippen LogP contribution in [0.5, 0.6) is 0 Å². The van der Waals surface area contributed by atoms with Crippen molar-refractivity contribution in [3.63, 3.8) is 0 Å². The van der Waals surface area contributed by atoms with Gasteiger partial charge in [-0.3, -0.25) is 43.4 Å². The Morgan fingerprint density at radius 1 is 0.450 bits per heavy atom. The van der Waals surface area contributed by atoms with Gasteiger partial charge in [-0.15, -0.1) is 0 Å². The minimum atomic E-state index is -0.636. The smallest absolute Gasteiger partial charge is 0.407 e. The first-order valence-electron chi connectivity index (χ1n) is 28.7. The zero-order valence-electron chi connectivity index (χ0n) is 49.1. The molecule has 5 rings (SSSR count). The molecule has 2 aliphatic heterocycles. The average molecular weight is 1130 g/mol. The molecule has 0 saturated heterocycles. The first-order chi connectivity index (χ1) is 37.4. The van der Waals surface area contributed by atoms with Crippen LogP contribution < -0.4 is 16.0 Å². The molecule has 80 heavy (non-hydrogen) atoms. The van der Waals surface area contributed by atoms with Gasteiger partial charge in [0.25, 0.3) is 23.6 Å². The van der Waals surface area contributed by atoms with Crippen LogP contribution in [0.2, 0.25) is 0 Å². The van der Waals surface area contributed by atoms with Crippen LogP contribution in [0.1, 0.15) is 178 Å². The number of unbranched alkanes of at least 4 members (excludes halogenated alkanes) is 2. The standard InChI is InChI=1S/C59H91N5O16/c1-54(2)31-41(32-59(9,39-54)40-60-51(72)80-29-23-64-46(67)16-17-47(64)68)30-50(71)76-25-11-13-27-79-53(74)61-42-33-55(3,4)37-57(7,35-42)20-18-48(69)75-24-10-12-26-78-52(73)62-43-34-56(5,6)38-58(8,36-43)21-19-49(70)77-28-22-63-44(65)14-15-45(63)66/h14-17,41-43H,10-13,18-40H2,1-9H3,(H,60,72)(H,61,74)(H,62,73). The molecule has 6 atom stereocenters. The number of imide groups is 2. The number of carbonyl (C=O) groups is 10. The van der Waals surface area contributed by atoms with Gasteiger partial charge >= 0.3 is 36.2 Å². The number of nitrogens with one attached hydrogen (secondary N) is 3. The highest BCUT2D eigenvalue weighted by atomic mass is 16.6. The van der Waals surface area contributed by atoms with Crippen LogP contribution in [-0.4, -0.2) is 141 Å². The molecule has 6 unspecified atom stereocenters. The summed E-state index contributed by atoms with van der Waals surface area (Å²) in [5, 5.41) is 8.88. The molecule has 7 amide bonds. The van der Waals surface area contributed by atoms with E-state index in [0.29, 0.717) is 64.3 Å². The van der Waals surface area contributed by atoms with Crippen LogP contribution in [0.3, 0.4) is 0 Å². The van der Waals surface area contributed by atoms with Crippen molar-refractivity contribution in [1.29, 1.82) is 0 Å². The summed E-state index contributed by atoms with van der Waals surface area (Å²) in [5.41, 5.74) is -1.03. The molecule has 3 fully saturated rings. The summed E-state index contributed by atoms with van der Waals surface area (Å²) in [7, 11) is 0. The minimum Gasteiger partial charge on any atom is -0.466 e. The van der Waals surface area contributed by atoms with Crippen LogP contribution in [0, 0.1) is 38.4 Å². The molecule has 5 aliphatic rings. The van der Waals surface area contributed by atoms with Crippen molar-refractivity contribution >= 4 is 59.8 Å². The van der Waals surface area contributed by atoms with E-state index in [9.17, 15) is 47.9 Å². The third-order valence-electron chi connectivity index (χ3n) is 16.0. The Bertz CT molecular complexity index is 2280. The Morgan fingerprint density at radius 2 is 0.812 bits per heavy atom. The highest BCUT2D eigenvalue weighted by molar-refractivity contribution is 6.13. The SMILES string of the molecule is CC1(C)CC(CC(=O)OCCCCOC(=O)NC2CC(C)(C)CC(C)(CCC(=O)OCCCCOC(=O)NC3CC(C)(C)CC(C)(CCC(=O)OCCN4C(=O)C=CC4=O)C3)C2)CC(C)(CNC(=O)OCCN2C(=O)C=CC2=O)C1. The van der Waals surface area contributed by atoms with Crippen molar-refractivity contribution in [3.05, 3.63) is 24.3 Å². The van der Waals surface area contributed by atoms with Crippen molar-refractivity contribution < 1.29 is 76.4 Å². The first-order valence-corrected chi connectivity index (χ1v) is 28.7. The summed E-state index contributed by atoms with van der Waals surface area (Å²) in [5.74, 6) is -2.67. The Balaban J connectivity index is 0.892. The molecule has 0 radical (unpaired) electrons. The monoisotopic (exact) mass is 1130 g/mol. The second-order valence-electron chi connectivity index (χ2n) is 26.6. The van der Waals surface area contributed by atoms with Crippen LogP contribution in [0.15, 0.2) is 24.3 Å². The van der Waals surface area contributed by atoms with Crippen molar-refractivity contribution in [2.45, 2.75) is 190 Å². The lowest BCUT2D eigenvalue weighted by atomic mass is 9.60. The molecule has 21 nitrogen and oxygen atoms in total. The normalized spacial score (nSPS) is 26.6. The zero-order valence-corrected chi connectivity index (χ0v) is 49.1. The molecular weight excluding hydrogens is 1030 g/mol. The summed E-state index contributed by atoms with van der Waals surface area (Å²) in [6, 6.07) is -0.296. The second-order valence-corrected chi connectivity index (χ2v) is 26.6. The van der Waals surface area contributed by atoms with Gasteiger partial charge in [0, 0.05) is 62.2 Å². The van der Waals surface area contributed by atoms with E-state index in [4.69, 9.17) is 28.4 Å². The highest BCUT2D eigenvalue weighted by Crippen LogP contribution is 2.51. The summed E-state index contributed by atoms with van der Waals surface area (Å²) in [6.07, 6.45) is 13.9. The molecule has 0 spiro atoms. The number of nitrogens with zero attached hydrogens (tertiary/aromatic N) is 2. The first kappa shape index (κ1) is 64.8. The van der Waals surface area contributed by atoms with Crippen LogP contribution in [0.25, 0.3) is 0 Å². The summed E-state index contributed by atoms with van der Waals surface area (Å²) in [4.78, 5) is 126. The number of carbonyl (C=O) groups excluding carboxylic acids is 10. The molecule has 3 aliphatic carbocycles. The Labute approximate surface area is 472 Å². The number of esters is 3. The molecule has 0 bridgehead atoms. The molecular formula is C59H91N5O16. The number of amides is 7.